The number of nitrogens with one attached hydrogen (secondary N) is 1. The first-order chi connectivity index (χ1) is 8.08. The Kier molecular flexibility index (Phi) is 6.27. The Morgan fingerprint density at radius 1 is 1.41 bits per heavy atom. The average molecular weight is 295 g/mol. The highest BCUT2D eigenvalue weighted by Gasteiger charge is 2.13. The molecule has 1 heterocycles. The number of likely N-dealkylation sites (N-methyl/N-ethyl adjacent to an activating group) is 1. The fourth-order valence-corrected chi connectivity index (χ4v) is 2.92. The molecule has 17 heavy (non-hydrogen) atoms. The maximum atomic E-state index is 11.8. The summed E-state index contributed by atoms with van der Waals surface area (Å²) in [5, 5.41) is 2.84. The molecule has 1 aromatic heterocycles. The first-order valence-corrected chi connectivity index (χ1v) is 7.11. The molecule has 6 heteroatoms. The number of amides is 1. The van der Waals surface area contributed by atoms with Gasteiger partial charge in [0.2, 0.25) is 0 Å². The zero-order chi connectivity index (χ0) is 12.8. The van der Waals surface area contributed by atoms with Gasteiger partial charge in [0.25, 0.3) is 5.91 Å². The Morgan fingerprint density at radius 2 is 2.06 bits per heavy atom. The van der Waals surface area contributed by atoms with E-state index in [0.29, 0.717) is 20.8 Å². The lowest BCUT2D eigenvalue weighted by Gasteiger charge is -2.17. The van der Waals surface area contributed by atoms with Crippen molar-refractivity contribution < 1.29 is 4.79 Å². The Bertz CT molecular complexity index is 378. The van der Waals surface area contributed by atoms with Gasteiger partial charge in [0.1, 0.15) is 4.34 Å². The number of nitrogens with zero attached hydrogens (tertiary/aromatic N) is 1. The molecule has 0 aromatic carbocycles. The van der Waals surface area contributed by atoms with E-state index in [9.17, 15) is 4.79 Å². The van der Waals surface area contributed by atoms with Gasteiger partial charge in [-0.3, -0.25) is 4.79 Å². The van der Waals surface area contributed by atoms with Gasteiger partial charge < -0.3 is 10.2 Å². The SMILES string of the molecule is CCN(CC)CCNC(=O)c1cc(Cl)sc1Cl. The number of halogens is 2. The van der Waals surface area contributed by atoms with Gasteiger partial charge in [-0.2, -0.15) is 0 Å². The van der Waals surface area contributed by atoms with Crippen LogP contribution in [0.25, 0.3) is 0 Å². The molecular weight excluding hydrogens is 279 g/mol. The van der Waals surface area contributed by atoms with Crippen molar-refractivity contribution in [1.82, 2.24) is 10.2 Å². The molecule has 3 nitrogen and oxygen atoms in total. The third kappa shape index (κ3) is 4.47. The minimum Gasteiger partial charge on any atom is -0.351 e. The Hall–Kier alpha value is -0.290. The summed E-state index contributed by atoms with van der Waals surface area (Å²) in [5.74, 6) is -0.162. The zero-order valence-corrected chi connectivity index (χ0v) is 12.3. The van der Waals surface area contributed by atoms with Gasteiger partial charge in [0.15, 0.2) is 0 Å². The number of thiophene rings is 1. The largest absolute Gasteiger partial charge is 0.351 e. The summed E-state index contributed by atoms with van der Waals surface area (Å²) in [7, 11) is 0. The van der Waals surface area contributed by atoms with Crippen molar-refractivity contribution in [2.45, 2.75) is 13.8 Å². The number of carbonyl (C=O) groups excluding carboxylic acids is 1. The molecule has 0 spiro atoms. The molecule has 1 rings (SSSR count). The normalized spacial score (nSPS) is 10.9. The Morgan fingerprint density at radius 3 is 2.53 bits per heavy atom. The standard InChI is InChI=1S/C11H16Cl2N2OS/c1-3-15(4-2)6-5-14-11(16)8-7-9(12)17-10(8)13/h7H,3-6H2,1-2H3,(H,14,16). The van der Waals surface area contributed by atoms with Crippen LogP contribution in [0.1, 0.15) is 24.2 Å². The van der Waals surface area contributed by atoms with Crippen LogP contribution in [0.4, 0.5) is 0 Å². The number of carbonyl (C=O) groups is 1. The van der Waals surface area contributed by atoms with Gasteiger partial charge in [-0.1, -0.05) is 37.0 Å². The molecule has 0 aliphatic heterocycles. The van der Waals surface area contributed by atoms with Gasteiger partial charge >= 0.3 is 0 Å². The van der Waals surface area contributed by atoms with Gasteiger partial charge in [-0.25, -0.2) is 0 Å². The summed E-state index contributed by atoms with van der Waals surface area (Å²) in [6.45, 7) is 7.62. The maximum Gasteiger partial charge on any atom is 0.253 e. The lowest BCUT2D eigenvalue weighted by Crippen LogP contribution is -2.34. The summed E-state index contributed by atoms with van der Waals surface area (Å²) in [6, 6.07) is 1.60. The maximum absolute atomic E-state index is 11.8. The molecule has 0 aliphatic carbocycles. The lowest BCUT2D eigenvalue weighted by atomic mass is 10.3. The lowest BCUT2D eigenvalue weighted by molar-refractivity contribution is 0.0949. The van der Waals surface area contributed by atoms with E-state index >= 15 is 0 Å². The molecule has 0 radical (unpaired) electrons. The summed E-state index contributed by atoms with van der Waals surface area (Å²) in [4.78, 5) is 14.0. The molecular formula is C11H16Cl2N2OS. The van der Waals surface area contributed by atoms with E-state index in [4.69, 9.17) is 23.2 Å². The third-order valence-corrected chi connectivity index (χ3v) is 4.00. The fraction of sp³-hybridized carbons (Fsp3) is 0.545. The molecule has 1 amide bonds. The van der Waals surface area contributed by atoms with Crippen molar-refractivity contribution in [3.8, 4) is 0 Å². The molecule has 0 saturated carbocycles. The van der Waals surface area contributed by atoms with E-state index in [2.05, 4.69) is 24.1 Å². The van der Waals surface area contributed by atoms with Crippen LogP contribution < -0.4 is 5.32 Å². The van der Waals surface area contributed by atoms with Gasteiger partial charge in [-0.15, -0.1) is 11.3 Å². The first kappa shape index (κ1) is 14.8. The smallest absolute Gasteiger partial charge is 0.253 e. The second kappa shape index (κ2) is 7.21. The van der Waals surface area contributed by atoms with Crippen LogP contribution in [0.2, 0.25) is 8.67 Å². The van der Waals surface area contributed by atoms with Crippen molar-refractivity contribution in [3.63, 3.8) is 0 Å². The summed E-state index contributed by atoms with van der Waals surface area (Å²) < 4.78 is 0.972. The van der Waals surface area contributed by atoms with E-state index in [1.165, 1.54) is 11.3 Å². The summed E-state index contributed by atoms with van der Waals surface area (Å²) in [6.07, 6.45) is 0. The molecule has 0 unspecified atom stereocenters. The quantitative estimate of drug-likeness (QED) is 0.874. The van der Waals surface area contributed by atoms with Crippen LogP contribution in [-0.4, -0.2) is 37.0 Å². The minimum absolute atomic E-state index is 0.162. The van der Waals surface area contributed by atoms with Crippen molar-refractivity contribution in [2.24, 2.45) is 0 Å². The number of rotatable bonds is 6. The molecule has 0 bridgehead atoms. The van der Waals surface area contributed by atoms with Gasteiger partial charge in [-0.05, 0) is 19.2 Å². The summed E-state index contributed by atoms with van der Waals surface area (Å²) in [5.41, 5.74) is 0.459. The molecule has 0 aliphatic rings. The van der Waals surface area contributed by atoms with Crippen LogP contribution in [0, 0.1) is 0 Å². The number of hydrogen-bond acceptors (Lipinski definition) is 3. The van der Waals surface area contributed by atoms with E-state index < -0.39 is 0 Å². The minimum atomic E-state index is -0.162. The Labute approximate surface area is 116 Å². The zero-order valence-electron chi connectivity index (χ0n) is 9.93. The van der Waals surface area contributed by atoms with Crippen LogP contribution in [0.15, 0.2) is 6.07 Å². The first-order valence-electron chi connectivity index (χ1n) is 5.53. The topological polar surface area (TPSA) is 32.3 Å². The average Bonchev–Trinajstić information content (AvgIpc) is 2.64. The van der Waals surface area contributed by atoms with Gasteiger partial charge in [0.05, 0.1) is 9.90 Å². The van der Waals surface area contributed by atoms with Crippen LogP contribution in [0.5, 0.6) is 0 Å². The van der Waals surface area contributed by atoms with E-state index in [1.807, 2.05) is 0 Å². The van der Waals surface area contributed by atoms with Crippen molar-refractivity contribution in [1.29, 1.82) is 0 Å². The second-order valence-corrected chi connectivity index (χ2v) is 5.81. The van der Waals surface area contributed by atoms with Crippen LogP contribution in [-0.2, 0) is 0 Å². The number of hydrogen-bond donors (Lipinski definition) is 1. The van der Waals surface area contributed by atoms with E-state index in [0.717, 1.165) is 19.6 Å². The van der Waals surface area contributed by atoms with Crippen molar-refractivity contribution >= 4 is 40.4 Å². The van der Waals surface area contributed by atoms with Crippen molar-refractivity contribution in [3.05, 3.63) is 20.3 Å². The van der Waals surface area contributed by atoms with Crippen LogP contribution >= 0.6 is 34.5 Å². The Balaban J connectivity index is 2.42. The van der Waals surface area contributed by atoms with Crippen LogP contribution in [0.3, 0.4) is 0 Å². The predicted molar refractivity (Wildman–Crippen MR) is 74.5 cm³/mol. The fourth-order valence-electron chi connectivity index (χ4n) is 1.46. The highest BCUT2D eigenvalue weighted by molar-refractivity contribution is 7.20. The highest BCUT2D eigenvalue weighted by atomic mass is 35.5. The van der Waals surface area contributed by atoms with E-state index in [-0.39, 0.29) is 5.91 Å². The van der Waals surface area contributed by atoms with Crippen molar-refractivity contribution in [2.75, 3.05) is 26.2 Å². The van der Waals surface area contributed by atoms with E-state index in [1.54, 1.807) is 6.07 Å². The molecule has 0 saturated heterocycles. The molecule has 0 fully saturated rings. The molecule has 96 valence electrons. The summed E-state index contributed by atoms with van der Waals surface area (Å²) >= 11 is 12.9. The third-order valence-electron chi connectivity index (χ3n) is 2.51. The molecule has 1 aromatic rings. The monoisotopic (exact) mass is 294 g/mol. The highest BCUT2D eigenvalue weighted by Crippen LogP contribution is 2.30. The predicted octanol–water partition coefficient (Wildman–Crippen LogP) is 3.13. The van der Waals surface area contributed by atoms with Gasteiger partial charge in [0, 0.05) is 13.1 Å². The molecule has 0 atom stereocenters. The second-order valence-electron chi connectivity index (χ2n) is 3.52. The molecule has 1 N–H and O–H groups in total.